The molecule has 1 amide bonds. The fourth-order valence-electron chi connectivity index (χ4n) is 1.34. The van der Waals surface area contributed by atoms with Crippen LogP contribution in [0.15, 0.2) is 34.9 Å². The third-order valence-electron chi connectivity index (χ3n) is 2.13. The molecule has 1 heterocycles. The Kier molecular flexibility index (Phi) is 3.23. The van der Waals surface area contributed by atoms with Crippen LogP contribution < -0.4 is 5.32 Å². The van der Waals surface area contributed by atoms with Crippen molar-refractivity contribution in [3.05, 3.63) is 46.3 Å². The van der Waals surface area contributed by atoms with Crippen LogP contribution in [0.25, 0.3) is 0 Å². The minimum absolute atomic E-state index is 0.0150. The molecule has 0 spiro atoms. The van der Waals surface area contributed by atoms with Gasteiger partial charge in [0.25, 0.3) is 5.91 Å². The van der Waals surface area contributed by atoms with E-state index < -0.39 is 11.7 Å². The van der Waals surface area contributed by atoms with Gasteiger partial charge in [0.1, 0.15) is 5.82 Å². The first-order valence-electron chi connectivity index (χ1n) is 4.82. The second-order valence-electron chi connectivity index (χ2n) is 3.45. The number of amides is 1. The van der Waals surface area contributed by atoms with Crippen LogP contribution in [0.1, 0.15) is 10.4 Å². The molecule has 0 saturated carbocycles. The number of halogens is 2. The summed E-state index contributed by atoms with van der Waals surface area (Å²) in [5.41, 5.74) is -0.0150. The number of aromatic nitrogens is 2. The average Bonchev–Trinajstić information content (AvgIpc) is 2.63. The van der Waals surface area contributed by atoms with E-state index in [0.29, 0.717) is 10.3 Å². The van der Waals surface area contributed by atoms with Crippen molar-refractivity contribution in [3.8, 4) is 0 Å². The van der Waals surface area contributed by atoms with E-state index >= 15 is 0 Å². The summed E-state index contributed by atoms with van der Waals surface area (Å²) in [5.74, 6) is -0.707. The molecule has 0 atom stereocenters. The van der Waals surface area contributed by atoms with Gasteiger partial charge in [0.15, 0.2) is 5.82 Å². The number of nitrogens with zero attached hydrogens (tertiary/aromatic N) is 2. The minimum Gasteiger partial charge on any atom is -0.305 e. The highest BCUT2D eigenvalue weighted by Crippen LogP contribution is 2.16. The molecule has 0 fully saturated rings. The van der Waals surface area contributed by atoms with Crippen molar-refractivity contribution < 1.29 is 9.18 Å². The Morgan fingerprint density at radius 3 is 2.82 bits per heavy atom. The number of carbonyl (C=O) groups excluding carboxylic acids is 1. The van der Waals surface area contributed by atoms with Crippen LogP contribution >= 0.6 is 15.9 Å². The van der Waals surface area contributed by atoms with Crippen LogP contribution in [0.5, 0.6) is 0 Å². The summed E-state index contributed by atoms with van der Waals surface area (Å²) in [6.07, 6.45) is 1.69. The zero-order chi connectivity index (χ0) is 12.4. The molecule has 2 aromatic rings. The molecule has 1 aromatic carbocycles. The first-order chi connectivity index (χ1) is 8.06. The Morgan fingerprint density at radius 1 is 1.47 bits per heavy atom. The molecule has 6 heteroatoms. The van der Waals surface area contributed by atoms with E-state index in [9.17, 15) is 9.18 Å². The highest BCUT2D eigenvalue weighted by Gasteiger charge is 2.12. The summed E-state index contributed by atoms with van der Waals surface area (Å²) >= 11 is 3.13. The first kappa shape index (κ1) is 11.8. The van der Waals surface area contributed by atoms with E-state index in [2.05, 4.69) is 26.3 Å². The largest absolute Gasteiger partial charge is 0.305 e. The Hall–Kier alpha value is -1.69. The van der Waals surface area contributed by atoms with Gasteiger partial charge in [-0.25, -0.2) is 4.39 Å². The van der Waals surface area contributed by atoms with Crippen LogP contribution in [0.2, 0.25) is 0 Å². The maximum atomic E-state index is 13.5. The van der Waals surface area contributed by atoms with E-state index in [1.807, 2.05) is 0 Å². The molecular weight excluding hydrogens is 289 g/mol. The molecule has 1 N–H and O–H groups in total. The molecule has 0 aliphatic rings. The van der Waals surface area contributed by atoms with Crippen molar-refractivity contribution in [3.63, 3.8) is 0 Å². The van der Waals surface area contributed by atoms with E-state index in [4.69, 9.17) is 0 Å². The van der Waals surface area contributed by atoms with Crippen molar-refractivity contribution in [2.24, 2.45) is 7.05 Å². The second kappa shape index (κ2) is 4.67. The number of hydrogen-bond acceptors (Lipinski definition) is 2. The van der Waals surface area contributed by atoms with Gasteiger partial charge in [0.2, 0.25) is 0 Å². The molecule has 0 bridgehead atoms. The molecule has 17 heavy (non-hydrogen) atoms. The number of nitrogens with one attached hydrogen (secondary N) is 1. The number of carbonyl (C=O) groups is 1. The summed E-state index contributed by atoms with van der Waals surface area (Å²) in [5, 5.41) is 6.49. The third-order valence-corrected chi connectivity index (χ3v) is 2.62. The molecule has 0 radical (unpaired) electrons. The van der Waals surface area contributed by atoms with Gasteiger partial charge >= 0.3 is 0 Å². The van der Waals surface area contributed by atoms with Crippen LogP contribution in [0.4, 0.5) is 10.2 Å². The van der Waals surface area contributed by atoms with Gasteiger partial charge in [0.05, 0.1) is 5.56 Å². The van der Waals surface area contributed by atoms with E-state index in [1.165, 1.54) is 12.1 Å². The van der Waals surface area contributed by atoms with E-state index in [-0.39, 0.29) is 5.56 Å². The standard InChI is InChI=1S/C11H9BrFN3O/c1-16-5-4-10(15-16)14-11(17)8-3-2-7(12)6-9(8)13/h2-6H,1H3,(H,14,15,17). The molecule has 2 rings (SSSR count). The molecule has 88 valence electrons. The van der Waals surface area contributed by atoms with Gasteiger partial charge in [0, 0.05) is 23.8 Å². The lowest BCUT2D eigenvalue weighted by Gasteiger charge is -2.03. The first-order valence-corrected chi connectivity index (χ1v) is 5.61. The second-order valence-corrected chi connectivity index (χ2v) is 4.37. The van der Waals surface area contributed by atoms with Crippen LogP contribution in [-0.4, -0.2) is 15.7 Å². The topological polar surface area (TPSA) is 46.9 Å². The monoisotopic (exact) mass is 297 g/mol. The lowest BCUT2D eigenvalue weighted by atomic mass is 10.2. The number of anilines is 1. The van der Waals surface area contributed by atoms with E-state index in [1.54, 1.807) is 30.1 Å². The average molecular weight is 298 g/mol. The van der Waals surface area contributed by atoms with Crippen molar-refractivity contribution in [2.75, 3.05) is 5.32 Å². The Bertz CT molecular complexity index is 568. The maximum Gasteiger partial charge on any atom is 0.259 e. The van der Waals surface area contributed by atoms with Crippen LogP contribution in [0, 0.1) is 5.82 Å². The molecule has 0 aliphatic carbocycles. The van der Waals surface area contributed by atoms with Gasteiger partial charge in [-0.3, -0.25) is 9.48 Å². The van der Waals surface area contributed by atoms with Gasteiger partial charge < -0.3 is 5.32 Å². The predicted molar refractivity (Wildman–Crippen MR) is 65.3 cm³/mol. The van der Waals surface area contributed by atoms with Crippen molar-refractivity contribution in [1.29, 1.82) is 0 Å². The molecule has 0 aliphatic heterocycles. The number of aryl methyl sites for hydroxylation is 1. The maximum absolute atomic E-state index is 13.5. The van der Waals surface area contributed by atoms with Gasteiger partial charge in [-0.15, -0.1) is 0 Å². The van der Waals surface area contributed by atoms with Gasteiger partial charge in [-0.1, -0.05) is 15.9 Å². The molecule has 0 saturated heterocycles. The molecule has 1 aromatic heterocycles. The Morgan fingerprint density at radius 2 is 2.24 bits per heavy atom. The molecule has 0 unspecified atom stereocenters. The zero-order valence-electron chi connectivity index (χ0n) is 8.95. The smallest absolute Gasteiger partial charge is 0.259 e. The molecular formula is C11H9BrFN3O. The summed E-state index contributed by atoms with van der Waals surface area (Å²) in [6.45, 7) is 0. The number of benzene rings is 1. The Balaban J connectivity index is 2.20. The summed E-state index contributed by atoms with van der Waals surface area (Å²) < 4.78 is 15.6. The predicted octanol–water partition coefficient (Wildman–Crippen LogP) is 2.57. The van der Waals surface area contributed by atoms with Crippen molar-refractivity contribution >= 4 is 27.7 Å². The normalized spacial score (nSPS) is 10.3. The fraction of sp³-hybridized carbons (Fsp3) is 0.0909. The van der Waals surface area contributed by atoms with Crippen molar-refractivity contribution in [2.45, 2.75) is 0 Å². The quantitative estimate of drug-likeness (QED) is 0.926. The van der Waals surface area contributed by atoms with Gasteiger partial charge in [-0.05, 0) is 18.2 Å². The highest BCUT2D eigenvalue weighted by atomic mass is 79.9. The third kappa shape index (κ3) is 2.71. The summed E-state index contributed by atoms with van der Waals surface area (Å²) in [4.78, 5) is 11.7. The van der Waals surface area contributed by atoms with Gasteiger partial charge in [-0.2, -0.15) is 5.10 Å². The van der Waals surface area contributed by atoms with Crippen LogP contribution in [0.3, 0.4) is 0 Å². The lowest BCUT2D eigenvalue weighted by molar-refractivity contribution is 0.102. The summed E-state index contributed by atoms with van der Waals surface area (Å²) in [6, 6.07) is 5.90. The lowest BCUT2D eigenvalue weighted by Crippen LogP contribution is -2.14. The highest BCUT2D eigenvalue weighted by molar-refractivity contribution is 9.10. The zero-order valence-corrected chi connectivity index (χ0v) is 10.5. The fourth-order valence-corrected chi connectivity index (χ4v) is 1.67. The Labute approximate surface area is 106 Å². The molecule has 4 nitrogen and oxygen atoms in total. The number of rotatable bonds is 2. The minimum atomic E-state index is -0.576. The van der Waals surface area contributed by atoms with Crippen molar-refractivity contribution in [1.82, 2.24) is 9.78 Å². The SMILES string of the molecule is Cn1ccc(NC(=O)c2ccc(Br)cc2F)n1. The summed E-state index contributed by atoms with van der Waals surface area (Å²) in [7, 11) is 1.73. The van der Waals surface area contributed by atoms with E-state index in [0.717, 1.165) is 0 Å². The number of hydrogen-bond donors (Lipinski definition) is 1. The van der Waals surface area contributed by atoms with Crippen LogP contribution in [-0.2, 0) is 7.05 Å².